The highest BCUT2D eigenvalue weighted by molar-refractivity contribution is 5.91. The topological polar surface area (TPSA) is 83.1 Å². The molecular formula is C27H24F3N5O2. The van der Waals surface area contributed by atoms with Gasteiger partial charge in [-0.25, -0.2) is 14.8 Å². The van der Waals surface area contributed by atoms with Gasteiger partial charge in [-0.05, 0) is 48.2 Å². The summed E-state index contributed by atoms with van der Waals surface area (Å²) in [4.78, 5) is 25.7. The highest BCUT2D eigenvalue weighted by Gasteiger charge is 2.30. The van der Waals surface area contributed by atoms with Crippen molar-refractivity contribution >= 4 is 28.8 Å². The zero-order chi connectivity index (χ0) is 26.0. The van der Waals surface area contributed by atoms with Gasteiger partial charge in [-0.2, -0.15) is 13.2 Å². The molecule has 4 heterocycles. The minimum absolute atomic E-state index is 0.0800. The third-order valence-corrected chi connectivity index (χ3v) is 6.23. The van der Waals surface area contributed by atoms with E-state index in [0.717, 1.165) is 35.3 Å². The molecule has 3 aromatic heterocycles. The molecule has 1 aliphatic rings. The third-order valence-electron chi connectivity index (χ3n) is 6.23. The van der Waals surface area contributed by atoms with E-state index in [4.69, 9.17) is 4.74 Å². The lowest BCUT2D eigenvalue weighted by Crippen LogP contribution is -2.42. The highest BCUT2D eigenvalue weighted by atomic mass is 19.4. The van der Waals surface area contributed by atoms with Gasteiger partial charge in [-0.15, -0.1) is 0 Å². The number of H-pyrrole nitrogens is 1. The van der Waals surface area contributed by atoms with Crippen LogP contribution in [0.25, 0.3) is 17.1 Å². The molecular weight excluding hydrogens is 483 g/mol. The molecule has 1 aliphatic heterocycles. The number of amides is 2. The smallest absolute Gasteiger partial charge is 0.417 e. The van der Waals surface area contributed by atoms with E-state index < -0.39 is 11.7 Å². The minimum atomic E-state index is -4.45. The molecule has 0 spiro atoms. The summed E-state index contributed by atoms with van der Waals surface area (Å²) in [6.07, 6.45) is 2.52. The molecule has 2 amide bonds. The maximum absolute atomic E-state index is 12.8. The van der Waals surface area contributed by atoms with Crippen molar-refractivity contribution in [2.75, 3.05) is 18.4 Å². The Morgan fingerprint density at radius 1 is 1.16 bits per heavy atom. The monoisotopic (exact) mass is 507 g/mol. The van der Waals surface area contributed by atoms with Crippen LogP contribution in [0.1, 0.15) is 24.5 Å². The summed E-state index contributed by atoms with van der Waals surface area (Å²) in [6.45, 7) is 3.22. The van der Waals surface area contributed by atoms with Crippen LogP contribution in [0, 0.1) is 5.92 Å². The number of pyridine rings is 2. The molecule has 2 N–H and O–H groups in total. The predicted octanol–water partition coefficient (Wildman–Crippen LogP) is 6.73. The Morgan fingerprint density at radius 3 is 2.78 bits per heavy atom. The van der Waals surface area contributed by atoms with Gasteiger partial charge >= 0.3 is 12.2 Å². The molecule has 1 atom stereocenters. The van der Waals surface area contributed by atoms with Crippen LogP contribution in [-0.4, -0.2) is 39.0 Å². The van der Waals surface area contributed by atoms with Crippen LogP contribution in [0.2, 0.25) is 0 Å². The Balaban J connectivity index is 1.21. The molecule has 1 unspecified atom stereocenters. The number of fused-ring (bicyclic) bond motifs is 1. The lowest BCUT2D eigenvalue weighted by Gasteiger charge is -2.33. The number of halogens is 3. The normalized spacial score (nSPS) is 17.2. The van der Waals surface area contributed by atoms with Gasteiger partial charge in [0.25, 0.3) is 0 Å². The van der Waals surface area contributed by atoms with Gasteiger partial charge in [0.05, 0.1) is 17.4 Å². The zero-order valence-electron chi connectivity index (χ0n) is 19.9. The summed E-state index contributed by atoms with van der Waals surface area (Å²) in [5.41, 5.74) is 2.68. The SMILES string of the molecule is CC1CN(C(=O)Nc2cnc3[nH]ccc3c2)CC/C1=C\c1cccc(Oc2ccc(C(F)(F)F)cn2)c1. The number of hydrogen-bond donors (Lipinski definition) is 2. The van der Waals surface area contributed by atoms with Crippen LogP contribution in [-0.2, 0) is 6.18 Å². The molecule has 0 aliphatic carbocycles. The van der Waals surface area contributed by atoms with Crippen molar-refractivity contribution < 1.29 is 22.7 Å². The molecule has 1 fully saturated rings. The number of likely N-dealkylation sites (tertiary alicyclic amines) is 1. The van der Waals surface area contributed by atoms with E-state index in [0.29, 0.717) is 24.5 Å². The second kappa shape index (κ2) is 9.96. The summed E-state index contributed by atoms with van der Waals surface area (Å²) >= 11 is 0. The average Bonchev–Trinajstić information content (AvgIpc) is 3.33. The minimum Gasteiger partial charge on any atom is -0.439 e. The molecule has 190 valence electrons. The van der Waals surface area contributed by atoms with E-state index in [1.165, 1.54) is 11.6 Å². The Kier molecular flexibility index (Phi) is 6.56. The molecule has 0 bridgehead atoms. The molecule has 7 nitrogen and oxygen atoms in total. The molecule has 4 aromatic rings. The number of aromatic amines is 1. The van der Waals surface area contributed by atoms with Crippen molar-refractivity contribution in [3.63, 3.8) is 0 Å². The molecule has 0 radical (unpaired) electrons. The van der Waals surface area contributed by atoms with E-state index in [9.17, 15) is 18.0 Å². The molecule has 1 saturated heterocycles. The van der Waals surface area contributed by atoms with Gasteiger partial charge < -0.3 is 19.9 Å². The Morgan fingerprint density at radius 2 is 2.03 bits per heavy atom. The standard InChI is InChI=1S/C27H24F3N5O2/c1-17-16-35(26(36)34-22-13-20-7-9-31-25(20)33-15-22)10-8-19(17)11-18-3-2-4-23(12-18)37-24-6-5-21(14-32-24)27(28,29)30/h2-7,9,11-15,17H,8,10,16H2,1H3,(H,31,33)(H,34,36)/b19-11+. The van der Waals surface area contributed by atoms with Crippen LogP contribution in [0.5, 0.6) is 11.6 Å². The fourth-order valence-corrected chi connectivity index (χ4v) is 4.27. The zero-order valence-corrected chi connectivity index (χ0v) is 19.9. The summed E-state index contributed by atoms with van der Waals surface area (Å²) in [6, 6.07) is 13.0. The quantitative estimate of drug-likeness (QED) is 0.321. The number of benzene rings is 1. The number of ether oxygens (including phenoxy) is 1. The van der Waals surface area contributed by atoms with Crippen LogP contribution >= 0.6 is 0 Å². The fourth-order valence-electron chi connectivity index (χ4n) is 4.27. The van der Waals surface area contributed by atoms with Gasteiger partial charge in [0.15, 0.2) is 0 Å². The maximum Gasteiger partial charge on any atom is 0.417 e. The largest absolute Gasteiger partial charge is 0.439 e. The predicted molar refractivity (Wildman–Crippen MR) is 134 cm³/mol. The van der Waals surface area contributed by atoms with Crippen molar-refractivity contribution in [3.8, 4) is 11.6 Å². The number of carbonyl (C=O) groups excluding carboxylic acids is 1. The lowest BCUT2D eigenvalue weighted by molar-refractivity contribution is -0.137. The molecule has 37 heavy (non-hydrogen) atoms. The second-order valence-corrected chi connectivity index (χ2v) is 8.94. The third kappa shape index (κ3) is 5.74. The second-order valence-electron chi connectivity index (χ2n) is 8.94. The van der Waals surface area contributed by atoms with E-state index in [1.807, 2.05) is 30.3 Å². The van der Waals surface area contributed by atoms with E-state index in [1.54, 1.807) is 23.4 Å². The first-order chi connectivity index (χ1) is 17.7. The van der Waals surface area contributed by atoms with Crippen LogP contribution in [0.4, 0.5) is 23.7 Å². The molecule has 10 heteroatoms. The van der Waals surface area contributed by atoms with Crippen molar-refractivity contribution in [1.82, 2.24) is 19.9 Å². The first-order valence-corrected chi connectivity index (χ1v) is 11.8. The van der Waals surface area contributed by atoms with Gasteiger partial charge in [0, 0.05) is 36.9 Å². The first kappa shape index (κ1) is 24.4. The van der Waals surface area contributed by atoms with Crippen molar-refractivity contribution in [3.05, 3.63) is 83.8 Å². The number of nitrogens with zero attached hydrogens (tertiary/aromatic N) is 3. The molecule has 5 rings (SSSR count). The van der Waals surface area contributed by atoms with Crippen molar-refractivity contribution in [1.29, 1.82) is 0 Å². The van der Waals surface area contributed by atoms with E-state index >= 15 is 0 Å². The number of aromatic nitrogens is 3. The van der Waals surface area contributed by atoms with Gasteiger partial charge in [0.1, 0.15) is 11.4 Å². The van der Waals surface area contributed by atoms with Gasteiger partial charge in [-0.3, -0.25) is 0 Å². The molecule has 0 saturated carbocycles. The number of anilines is 1. The van der Waals surface area contributed by atoms with Crippen LogP contribution in [0.15, 0.2) is 72.7 Å². The Labute approximate surface area is 211 Å². The molecule has 1 aromatic carbocycles. The first-order valence-electron chi connectivity index (χ1n) is 11.8. The summed E-state index contributed by atoms with van der Waals surface area (Å²) < 4.78 is 43.9. The maximum atomic E-state index is 12.8. The summed E-state index contributed by atoms with van der Waals surface area (Å²) in [5.74, 6) is 0.696. The van der Waals surface area contributed by atoms with Crippen LogP contribution < -0.4 is 10.1 Å². The van der Waals surface area contributed by atoms with E-state index in [-0.39, 0.29) is 17.8 Å². The van der Waals surface area contributed by atoms with Crippen molar-refractivity contribution in [2.45, 2.75) is 19.5 Å². The Bertz CT molecular complexity index is 1450. The van der Waals surface area contributed by atoms with E-state index in [2.05, 4.69) is 33.3 Å². The van der Waals surface area contributed by atoms with Crippen LogP contribution in [0.3, 0.4) is 0 Å². The fraction of sp³-hybridized carbons (Fsp3) is 0.222. The van der Waals surface area contributed by atoms with Gasteiger partial charge in [-0.1, -0.05) is 30.7 Å². The van der Waals surface area contributed by atoms with Crippen molar-refractivity contribution in [2.24, 2.45) is 5.92 Å². The van der Waals surface area contributed by atoms with Gasteiger partial charge in [0.2, 0.25) is 5.88 Å². The lowest BCUT2D eigenvalue weighted by atomic mass is 9.91. The number of rotatable bonds is 4. The average molecular weight is 508 g/mol. The summed E-state index contributed by atoms with van der Waals surface area (Å²) in [7, 11) is 0. The number of alkyl halides is 3. The Hall–Kier alpha value is -4.34. The number of piperidine rings is 1. The number of urea groups is 1. The number of carbonyl (C=O) groups is 1. The summed E-state index contributed by atoms with van der Waals surface area (Å²) in [5, 5.41) is 3.85. The highest BCUT2D eigenvalue weighted by Crippen LogP contribution is 2.31. The number of nitrogens with one attached hydrogen (secondary N) is 2. The number of hydrogen-bond acceptors (Lipinski definition) is 4.